The van der Waals surface area contributed by atoms with Crippen LogP contribution in [-0.4, -0.2) is 11.9 Å². The third-order valence-electron chi connectivity index (χ3n) is 1.87. The largest absolute Gasteiger partial charge is 0.483 e. The summed E-state index contributed by atoms with van der Waals surface area (Å²) >= 11 is 0. The van der Waals surface area contributed by atoms with Crippen LogP contribution < -0.4 is 4.74 Å². The number of carbonyl (C=O) groups excluding carboxylic acids is 1. The van der Waals surface area contributed by atoms with Crippen LogP contribution in [0.5, 0.6) is 5.75 Å². The summed E-state index contributed by atoms with van der Waals surface area (Å²) in [6.07, 6.45) is -0.442. The van der Waals surface area contributed by atoms with Gasteiger partial charge in [0.1, 0.15) is 5.75 Å². The highest BCUT2D eigenvalue weighted by Gasteiger charge is 2.08. The first-order valence-corrected chi connectivity index (χ1v) is 4.30. The zero-order valence-electron chi connectivity index (χ0n) is 8.15. The van der Waals surface area contributed by atoms with E-state index >= 15 is 0 Å². The highest BCUT2D eigenvalue weighted by molar-refractivity contribution is 5.80. The van der Waals surface area contributed by atoms with E-state index < -0.39 is 6.10 Å². The Kier molecular flexibility index (Phi) is 3.24. The summed E-state index contributed by atoms with van der Waals surface area (Å²) in [7, 11) is 0. The molecule has 0 aliphatic carbocycles. The molecule has 1 rings (SSSR count). The molecule has 1 atom stereocenters. The lowest BCUT2D eigenvalue weighted by Gasteiger charge is -2.10. The van der Waals surface area contributed by atoms with Crippen molar-refractivity contribution in [3.05, 3.63) is 29.8 Å². The van der Waals surface area contributed by atoms with Crippen molar-refractivity contribution in [2.75, 3.05) is 0 Å². The number of nitriles is 1. The number of hydrogen-bond donors (Lipinski definition) is 0. The molecule has 3 heteroatoms. The third-order valence-corrected chi connectivity index (χ3v) is 1.87. The van der Waals surface area contributed by atoms with Crippen LogP contribution in [0.25, 0.3) is 0 Å². The van der Waals surface area contributed by atoms with E-state index in [-0.39, 0.29) is 5.78 Å². The minimum atomic E-state index is -0.442. The van der Waals surface area contributed by atoms with Gasteiger partial charge in [0.2, 0.25) is 0 Å². The molecular formula is C11H11NO2. The van der Waals surface area contributed by atoms with Gasteiger partial charge in [-0.25, -0.2) is 0 Å². The number of rotatable bonds is 3. The molecular weight excluding hydrogens is 178 g/mol. The molecule has 0 unspecified atom stereocenters. The van der Waals surface area contributed by atoms with Crippen LogP contribution in [0.3, 0.4) is 0 Å². The fraction of sp³-hybridized carbons (Fsp3) is 0.273. The Hall–Kier alpha value is -1.82. The molecule has 0 amide bonds. The Morgan fingerprint density at radius 1 is 1.43 bits per heavy atom. The minimum absolute atomic E-state index is 0.0191. The summed E-state index contributed by atoms with van der Waals surface area (Å²) in [5, 5.41) is 8.55. The van der Waals surface area contributed by atoms with Crippen molar-refractivity contribution in [3.8, 4) is 11.8 Å². The number of benzene rings is 1. The van der Waals surface area contributed by atoms with Crippen LogP contribution in [0.1, 0.15) is 19.4 Å². The van der Waals surface area contributed by atoms with Crippen molar-refractivity contribution in [2.24, 2.45) is 0 Å². The van der Waals surface area contributed by atoms with Crippen LogP contribution in [0.2, 0.25) is 0 Å². The first-order valence-electron chi connectivity index (χ1n) is 4.30. The molecule has 0 saturated carbocycles. The Labute approximate surface area is 82.9 Å². The molecule has 0 aliphatic heterocycles. The van der Waals surface area contributed by atoms with Crippen LogP contribution in [0, 0.1) is 11.3 Å². The van der Waals surface area contributed by atoms with Gasteiger partial charge in [-0.2, -0.15) is 5.26 Å². The van der Waals surface area contributed by atoms with E-state index in [1.807, 2.05) is 6.07 Å². The van der Waals surface area contributed by atoms with E-state index in [4.69, 9.17) is 10.00 Å². The maximum absolute atomic E-state index is 10.9. The Balaban J connectivity index is 2.70. The van der Waals surface area contributed by atoms with Gasteiger partial charge in [0.05, 0.1) is 11.6 Å². The van der Waals surface area contributed by atoms with E-state index in [1.54, 1.807) is 31.2 Å². The third kappa shape index (κ3) is 2.60. The van der Waals surface area contributed by atoms with Gasteiger partial charge in [0.15, 0.2) is 11.9 Å². The molecule has 3 nitrogen and oxygen atoms in total. The molecule has 0 heterocycles. The fourth-order valence-corrected chi connectivity index (χ4v) is 0.895. The van der Waals surface area contributed by atoms with E-state index in [0.29, 0.717) is 11.3 Å². The van der Waals surface area contributed by atoms with Crippen molar-refractivity contribution in [2.45, 2.75) is 20.0 Å². The van der Waals surface area contributed by atoms with Gasteiger partial charge in [-0.15, -0.1) is 0 Å². The predicted octanol–water partition coefficient (Wildman–Crippen LogP) is 1.91. The lowest BCUT2D eigenvalue weighted by atomic mass is 10.2. The zero-order chi connectivity index (χ0) is 10.6. The lowest BCUT2D eigenvalue weighted by Crippen LogP contribution is -2.20. The molecule has 14 heavy (non-hydrogen) atoms. The molecule has 0 fully saturated rings. The average molecular weight is 189 g/mol. The monoisotopic (exact) mass is 189 g/mol. The summed E-state index contributed by atoms with van der Waals surface area (Å²) in [4.78, 5) is 10.9. The first kappa shape index (κ1) is 10.3. The van der Waals surface area contributed by atoms with Gasteiger partial charge < -0.3 is 4.74 Å². The zero-order valence-corrected chi connectivity index (χ0v) is 8.15. The lowest BCUT2D eigenvalue weighted by molar-refractivity contribution is -0.122. The average Bonchev–Trinajstić information content (AvgIpc) is 2.19. The maximum Gasteiger partial charge on any atom is 0.169 e. The summed E-state index contributed by atoms with van der Waals surface area (Å²) < 4.78 is 5.32. The number of Topliss-reactive ketones (excluding diaryl/α,β-unsaturated/α-hetero) is 1. The van der Waals surface area contributed by atoms with E-state index in [0.717, 1.165) is 0 Å². The molecule has 0 radical (unpaired) electrons. The Morgan fingerprint density at radius 2 is 2.00 bits per heavy atom. The van der Waals surface area contributed by atoms with Crippen molar-refractivity contribution < 1.29 is 9.53 Å². The molecule has 72 valence electrons. The second kappa shape index (κ2) is 4.43. The predicted molar refractivity (Wildman–Crippen MR) is 51.9 cm³/mol. The van der Waals surface area contributed by atoms with Gasteiger partial charge in [-0.3, -0.25) is 4.79 Å². The maximum atomic E-state index is 10.9. The van der Waals surface area contributed by atoms with Crippen molar-refractivity contribution in [1.82, 2.24) is 0 Å². The summed E-state index contributed by atoms with van der Waals surface area (Å²) in [6.45, 7) is 3.18. The van der Waals surface area contributed by atoms with Gasteiger partial charge in [-0.05, 0) is 38.1 Å². The molecule has 0 spiro atoms. The van der Waals surface area contributed by atoms with E-state index in [1.165, 1.54) is 6.92 Å². The number of carbonyl (C=O) groups is 1. The van der Waals surface area contributed by atoms with E-state index in [2.05, 4.69) is 0 Å². The van der Waals surface area contributed by atoms with Crippen LogP contribution in [-0.2, 0) is 4.79 Å². The first-order chi connectivity index (χ1) is 6.63. The Morgan fingerprint density at radius 3 is 2.43 bits per heavy atom. The molecule has 0 bridgehead atoms. The SMILES string of the molecule is CC(=O)[C@@H](C)Oc1ccc(C#N)cc1. The van der Waals surface area contributed by atoms with Crippen LogP contribution in [0.4, 0.5) is 0 Å². The number of hydrogen-bond acceptors (Lipinski definition) is 3. The van der Waals surface area contributed by atoms with Crippen molar-refractivity contribution in [3.63, 3.8) is 0 Å². The smallest absolute Gasteiger partial charge is 0.169 e. The molecule has 0 saturated heterocycles. The molecule has 0 aliphatic rings. The van der Waals surface area contributed by atoms with Gasteiger partial charge in [0.25, 0.3) is 0 Å². The molecule has 0 aromatic heterocycles. The molecule has 1 aromatic carbocycles. The van der Waals surface area contributed by atoms with Gasteiger partial charge in [-0.1, -0.05) is 0 Å². The Bertz CT molecular complexity index is 362. The highest BCUT2D eigenvalue weighted by Crippen LogP contribution is 2.13. The van der Waals surface area contributed by atoms with Crippen LogP contribution >= 0.6 is 0 Å². The minimum Gasteiger partial charge on any atom is -0.483 e. The number of ketones is 1. The number of ether oxygens (including phenoxy) is 1. The van der Waals surface area contributed by atoms with E-state index in [9.17, 15) is 4.79 Å². The van der Waals surface area contributed by atoms with Crippen LogP contribution in [0.15, 0.2) is 24.3 Å². The fourth-order valence-electron chi connectivity index (χ4n) is 0.895. The topological polar surface area (TPSA) is 50.1 Å². The highest BCUT2D eigenvalue weighted by atomic mass is 16.5. The summed E-state index contributed by atoms with van der Waals surface area (Å²) in [5.74, 6) is 0.584. The second-order valence-electron chi connectivity index (χ2n) is 3.01. The standard InChI is InChI=1S/C11H11NO2/c1-8(13)9(2)14-11-5-3-10(7-12)4-6-11/h3-6,9H,1-2H3/t9-/m1/s1. The van der Waals surface area contributed by atoms with Gasteiger partial charge >= 0.3 is 0 Å². The number of nitrogens with zero attached hydrogens (tertiary/aromatic N) is 1. The second-order valence-corrected chi connectivity index (χ2v) is 3.01. The van der Waals surface area contributed by atoms with Crippen molar-refractivity contribution in [1.29, 1.82) is 5.26 Å². The van der Waals surface area contributed by atoms with Gasteiger partial charge in [0, 0.05) is 0 Å². The quantitative estimate of drug-likeness (QED) is 0.729. The summed E-state index contributed by atoms with van der Waals surface area (Å²) in [6, 6.07) is 8.67. The molecule has 0 N–H and O–H groups in total. The normalized spacial score (nSPS) is 11.5. The molecule has 1 aromatic rings. The van der Waals surface area contributed by atoms with Crippen molar-refractivity contribution >= 4 is 5.78 Å². The summed E-state index contributed by atoms with van der Waals surface area (Å²) in [5.41, 5.74) is 0.577.